The standard InChI is InChI=1S/C16H15F2N/c17-13-8-14(18)10-15(9-13)19-16(12-6-7-12)11-4-2-1-3-5-11/h1-5,8-10,12,16,19H,6-7H2. The Hall–Kier alpha value is -1.90. The van der Waals surface area contributed by atoms with Gasteiger partial charge in [0.15, 0.2) is 0 Å². The summed E-state index contributed by atoms with van der Waals surface area (Å²) < 4.78 is 26.4. The molecule has 0 radical (unpaired) electrons. The second-order valence-electron chi connectivity index (χ2n) is 5.03. The van der Waals surface area contributed by atoms with Crippen molar-refractivity contribution in [1.29, 1.82) is 0 Å². The van der Waals surface area contributed by atoms with E-state index in [9.17, 15) is 8.78 Å². The first-order valence-corrected chi connectivity index (χ1v) is 6.50. The van der Waals surface area contributed by atoms with E-state index >= 15 is 0 Å². The van der Waals surface area contributed by atoms with Crippen molar-refractivity contribution >= 4 is 5.69 Å². The molecule has 3 rings (SSSR count). The Kier molecular flexibility index (Phi) is 3.20. The second kappa shape index (κ2) is 5.00. The van der Waals surface area contributed by atoms with Crippen LogP contribution in [0.25, 0.3) is 0 Å². The Bertz CT molecular complexity index is 544. The van der Waals surface area contributed by atoms with E-state index in [1.807, 2.05) is 30.3 Å². The predicted octanol–water partition coefficient (Wildman–Crippen LogP) is 4.53. The van der Waals surface area contributed by atoms with Crippen molar-refractivity contribution in [3.63, 3.8) is 0 Å². The molecule has 0 aromatic heterocycles. The minimum atomic E-state index is -0.551. The first-order valence-electron chi connectivity index (χ1n) is 6.50. The summed E-state index contributed by atoms with van der Waals surface area (Å²) in [6, 6.07) is 13.7. The molecule has 1 atom stereocenters. The maximum atomic E-state index is 13.2. The smallest absolute Gasteiger partial charge is 0.128 e. The molecule has 0 aliphatic heterocycles. The summed E-state index contributed by atoms with van der Waals surface area (Å²) in [5, 5.41) is 3.26. The van der Waals surface area contributed by atoms with Crippen LogP contribution in [0.2, 0.25) is 0 Å². The van der Waals surface area contributed by atoms with Gasteiger partial charge in [-0.1, -0.05) is 30.3 Å². The third kappa shape index (κ3) is 2.92. The molecule has 0 bridgehead atoms. The van der Waals surface area contributed by atoms with Crippen molar-refractivity contribution in [1.82, 2.24) is 0 Å². The average molecular weight is 259 g/mol. The van der Waals surface area contributed by atoms with Gasteiger partial charge >= 0.3 is 0 Å². The minimum Gasteiger partial charge on any atom is -0.378 e. The number of benzene rings is 2. The number of hydrogen-bond donors (Lipinski definition) is 1. The molecule has 1 unspecified atom stereocenters. The zero-order valence-electron chi connectivity index (χ0n) is 10.4. The third-order valence-corrected chi connectivity index (χ3v) is 3.44. The largest absolute Gasteiger partial charge is 0.378 e. The molecule has 1 fully saturated rings. The van der Waals surface area contributed by atoms with Crippen LogP contribution in [0.4, 0.5) is 14.5 Å². The van der Waals surface area contributed by atoms with Crippen LogP contribution in [0.3, 0.4) is 0 Å². The maximum absolute atomic E-state index is 13.2. The quantitative estimate of drug-likeness (QED) is 0.850. The van der Waals surface area contributed by atoms with E-state index in [1.54, 1.807) is 0 Å². The van der Waals surface area contributed by atoms with Gasteiger partial charge in [0, 0.05) is 11.8 Å². The number of anilines is 1. The summed E-state index contributed by atoms with van der Waals surface area (Å²) in [6.45, 7) is 0. The molecule has 0 amide bonds. The van der Waals surface area contributed by atoms with E-state index in [4.69, 9.17) is 0 Å². The molecule has 19 heavy (non-hydrogen) atoms. The molecule has 0 saturated heterocycles. The van der Waals surface area contributed by atoms with Crippen molar-refractivity contribution in [2.45, 2.75) is 18.9 Å². The fraction of sp³-hybridized carbons (Fsp3) is 0.250. The maximum Gasteiger partial charge on any atom is 0.128 e. The molecule has 3 heteroatoms. The highest BCUT2D eigenvalue weighted by atomic mass is 19.1. The van der Waals surface area contributed by atoms with Crippen molar-refractivity contribution in [3.05, 3.63) is 65.7 Å². The Balaban J connectivity index is 1.86. The van der Waals surface area contributed by atoms with E-state index < -0.39 is 11.6 Å². The Labute approximate surface area is 111 Å². The fourth-order valence-electron chi connectivity index (χ4n) is 2.38. The molecule has 2 aromatic carbocycles. The molecular formula is C16H15F2N. The van der Waals surface area contributed by atoms with Crippen molar-refractivity contribution in [3.8, 4) is 0 Å². The SMILES string of the molecule is Fc1cc(F)cc(NC(c2ccccc2)C2CC2)c1. The van der Waals surface area contributed by atoms with Crippen molar-refractivity contribution < 1.29 is 8.78 Å². The lowest BCUT2D eigenvalue weighted by Crippen LogP contribution is -2.13. The van der Waals surface area contributed by atoms with Crippen LogP contribution in [0.1, 0.15) is 24.4 Å². The average Bonchev–Trinajstić information content (AvgIpc) is 3.20. The van der Waals surface area contributed by atoms with Gasteiger partial charge < -0.3 is 5.32 Å². The highest BCUT2D eigenvalue weighted by Crippen LogP contribution is 2.42. The van der Waals surface area contributed by atoms with Gasteiger partial charge in [0.2, 0.25) is 0 Å². The Morgan fingerprint density at radius 3 is 2.16 bits per heavy atom. The molecule has 0 heterocycles. The summed E-state index contributed by atoms with van der Waals surface area (Å²) in [4.78, 5) is 0. The predicted molar refractivity (Wildman–Crippen MR) is 71.9 cm³/mol. The molecule has 2 aromatic rings. The van der Waals surface area contributed by atoms with Gasteiger partial charge in [0.25, 0.3) is 0 Å². The first kappa shape index (κ1) is 12.2. The van der Waals surface area contributed by atoms with Crippen molar-refractivity contribution in [2.24, 2.45) is 5.92 Å². The topological polar surface area (TPSA) is 12.0 Å². The monoisotopic (exact) mass is 259 g/mol. The van der Waals surface area contributed by atoms with Crippen LogP contribution in [0.5, 0.6) is 0 Å². The third-order valence-electron chi connectivity index (χ3n) is 3.44. The van der Waals surface area contributed by atoms with Crippen molar-refractivity contribution in [2.75, 3.05) is 5.32 Å². The zero-order chi connectivity index (χ0) is 13.2. The molecule has 1 aliphatic rings. The van der Waals surface area contributed by atoms with Gasteiger partial charge in [-0.2, -0.15) is 0 Å². The van der Waals surface area contributed by atoms with Gasteiger partial charge in [-0.15, -0.1) is 0 Å². The summed E-state index contributed by atoms with van der Waals surface area (Å²) in [6.07, 6.45) is 2.31. The van der Waals surface area contributed by atoms with E-state index in [-0.39, 0.29) is 6.04 Å². The van der Waals surface area contributed by atoms with Crippen LogP contribution < -0.4 is 5.32 Å². The lowest BCUT2D eigenvalue weighted by atomic mass is 10.0. The lowest BCUT2D eigenvalue weighted by molar-refractivity contribution is 0.582. The number of hydrogen-bond acceptors (Lipinski definition) is 1. The van der Waals surface area contributed by atoms with Crippen LogP contribution in [0.15, 0.2) is 48.5 Å². The number of nitrogens with one attached hydrogen (secondary N) is 1. The van der Waals surface area contributed by atoms with E-state index in [1.165, 1.54) is 12.1 Å². The Morgan fingerprint density at radius 2 is 1.58 bits per heavy atom. The van der Waals surface area contributed by atoms with E-state index in [0.717, 1.165) is 24.5 Å². The number of rotatable bonds is 4. The first-order chi connectivity index (χ1) is 9.22. The molecule has 0 spiro atoms. The molecule has 98 valence electrons. The van der Waals surface area contributed by atoms with Gasteiger partial charge in [0.1, 0.15) is 11.6 Å². The zero-order valence-corrected chi connectivity index (χ0v) is 10.4. The minimum absolute atomic E-state index is 0.127. The van der Waals surface area contributed by atoms with E-state index in [2.05, 4.69) is 5.32 Å². The van der Waals surface area contributed by atoms with Gasteiger partial charge in [0.05, 0.1) is 6.04 Å². The summed E-state index contributed by atoms with van der Waals surface area (Å²) in [7, 11) is 0. The van der Waals surface area contributed by atoms with Gasteiger partial charge in [-0.05, 0) is 36.5 Å². The Morgan fingerprint density at radius 1 is 0.947 bits per heavy atom. The molecular weight excluding hydrogens is 244 g/mol. The van der Waals surface area contributed by atoms with Gasteiger partial charge in [-0.25, -0.2) is 8.78 Å². The number of halogens is 2. The molecule has 1 saturated carbocycles. The lowest BCUT2D eigenvalue weighted by Gasteiger charge is -2.20. The summed E-state index contributed by atoms with van der Waals surface area (Å²) >= 11 is 0. The summed E-state index contributed by atoms with van der Waals surface area (Å²) in [5.41, 5.74) is 1.66. The van der Waals surface area contributed by atoms with Gasteiger partial charge in [-0.3, -0.25) is 0 Å². The van der Waals surface area contributed by atoms with Crippen LogP contribution in [-0.4, -0.2) is 0 Å². The molecule has 1 N–H and O–H groups in total. The van der Waals surface area contributed by atoms with E-state index in [0.29, 0.717) is 11.6 Å². The highest BCUT2D eigenvalue weighted by Gasteiger charge is 2.32. The van der Waals surface area contributed by atoms with Crippen LogP contribution in [-0.2, 0) is 0 Å². The normalized spacial score (nSPS) is 16.1. The molecule has 1 aliphatic carbocycles. The fourth-order valence-corrected chi connectivity index (χ4v) is 2.38. The highest BCUT2D eigenvalue weighted by molar-refractivity contribution is 5.46. The second-order valence-corrected chi connectivity index (χ2v) is 5.03. The van der Waals surface area contributed by atoms with Crippen LogP contribution in [0, 0.1) is 17.6 Å². The molecule has 1 nitrogen and oxygen atoms in total. The van der Waals surface area contributed by atoms with Crippen LogP contribution >= 0.6 is 0 Å². The summed E-state index contributed by atoms with van der Waals surface area (Å²) in [5.74, 6) is -0.552.